The van der Waals surface area contributed by atoms with Crippen LogP contribution in [0.15, 0.2) is 42.5 Å². The van der Waals surface area contributed by atoms with Crippen molar-refractivity contribution in [3.63, 3.8) is 0 Å². The number of phenolic OH excluding ortho intramolecular Hbond substituents is 1. The van der Waals surface area contributed by atoms with Gasteiger partial charge in [-0.25, -0.2) is 4.98 Å². The molecule has 0 aliphatic carbocycles. The zero-order valence-electron chi connectivity index (χ0n) is 9.85. The molecule has 0 atom stereocenters. The second-order valence-corrected chi connectivity index (χ2v) is 4.01. The second-order valence-electron chi connectivity index (χ2n) is 4.01. The van der Waals surface area contributed by atoms with Crippen molar-refractivity contribution < 1.29 is 5.11 Å². The molecule has 0 saturated carbocycles. The average Bonchev–Trinajstić information content (AvgIpc) is 2.32. The molecule has 0 fully saturated rings. The summed E-state index contributed by atoms with van der Waals surface area (Å²) >= 11 is 0. The van der Waals surface area contributed by atoms with Crippen molar-refractivity contribution in [1.82, 2.24) is 4.98 Å². The van der Waals surface area contributed by atoms with E-state index < -0.39 is 0 Å². The summed E-state index contributed by atoms with van der Waals surface area (Å²) in [4.78, 5) is 4.37. The molecule has 1 aromatic carbocycles. The van der Waals surface area contributed by atoms with Crippen LogP contribution in [0.2, 0.25) is 0 Å². The third-order valence-electron chi connectivity index (χ3n) is 2.54. The topological polar surface area (TPSA) is 45.1 Å². The summed E-state index contributed by atoms with van der Waals surface area (Å²) in [6, 6.07) is 13.2. The molecule has 17 heavy (non-hydrogen) atoms. The molecule has 0 aliphatic rings. The molecule has 0 radical (unpaired) electrons. The highest BCUT2D eigenvalue weighted by Gasteiger charge is 1.95. The molecule has 0 saturated heterocycles. The van der Waals surface area contributed by atoms with Crippen molar-refractivity contribution >= 4 is 5.82 Å². The molecule has 1 aromatic heterocycles. The minimum atomic E-state index is 0.307. The molecule has 3 nitrogen and oxygen atoms in total. The van der Waals surface area contributed by atoms with Crippen molar-refractivity contribution in [3.05, 3.63) is 53.7 Å². The number of phenols is 1. The third kappa shape index (κ3) is 3.48. The van der Waals surface area contributed by atoms with Gasteiger partial charge >= 0.3 is 0 Å². The van der Waals surface area contributed by atoms with E-state index in [9.17, 15) is 0 Å². The van der Waals surface area contributed by atoms with Gasteiger partial charge in [-0.3, -0.25) is 0 Å². The van der Waals surface area contributed by atoms with E-state index in [0.717, 1.165) is 24.5 Å². The first-order valence-electron chi connectivity index (χ1n) is 5.69. The van der Waals surface area contributed by atoms with Gasteiger partial charge in [-0.2, -0.15) is 0 Å². The van der Waals surface area contributed by atoms with E-state index in [1.807, 2.05) is 37.3 Å². The summed E-state index contributed by atoms with van der Waals surface area (Å²) in [5.41, 5.74) is 2.21. The van der Waals surface area contributed by atoms with Crippen LogP contribution in [0.3, 0.4) is 0 Å². The van der Waals surface area contributed by atoms with Gasteiger partial charge in [-0.15, -0.1) is 0 Å². The maximum Gasteiger partial charge on any atom is 0.126 e. The Hall–Kier alpha value is -2.03. The quantitative estimate of drug-likeness (QED) is 0.845. The minimum absolute atomic E-state index is 0.307. The lowest BCUT2D eigenvalue weighted by atomic mass is 10.1. The van der Waals surface area contributed by atoms with E-state index in [1.165, 1.54) is 5.56 Å². The van der Waals surface area contributed by atoms with Crippen molar-refractivity contribution in [2.45, 2.75) is 13.3 Å². The lowest BCUT2D eigenvalue weighted by Crippen LogP contribution is -2.06. The number of aryl methyl sites for hydroxylation is 1. The van der Waals surface area contributed by atoms with Crippen molar-refractivity contribution in [3.8, 4) is 5.75 Å². The van der Waals surface area contributed by atoms with E-state index in [2.05, 4.69) is 10.3 Å². The Morgan fingerprint density at radius 2 is 1.88 bits per heavy atom. The largest absolute Gasteiger partial charge is 0.508 e. The van der Waals surface area contributed by atoms with E-state index in [1.54, 1.807) is 12.1 Å². The van der Waals surface area contributed by atoms with Gasteiger partial charge < -0.3 is 10.4 Å². The van der Waals surface area contributed by atoms with Gasteiger partial charge in [-0.05, 0) is 43.2 Å². The molecule has 0 unspecified atom stereocenters. The number of aromatic hydroxyl groups is 1. The summed E-state index contributed by atoms with van der Waals surface area (Å²) in [6.45, 7) is 2.81. The van der Waals surface area contributed by atoms with Crippen LogP contribution in [0.25, 0.3) is 0 Å². The van der Waals surface area contributed by atoms with Gasteiger partial charge in [0.05, 0.1) is 0 Å². The van der Waals surface area contributed by atoms with Gasteiger partial charge in [0.2, 0.25) is 0 Å². The Morgan fingerprint density at radius 1 is 1.12 bits per heavy atom. The number of aromatic nitrogens is 1. The van der Waals surface area contributed by atoms with Crippen LogP contribution in [0.4, 0.5) is 5.82 Å². The molecule has 3 heteroatoms. The molecule has 0 spiro atoms. The molecule has 0 aliphatic heterocycles. The highest BCUT2D eigenvalue weighted by molar-refractivity contribution is 5.35. The van der Waals surface area contributed by atoms with Crippen LogP contribution < -0.4 is 5.32 Å². The predicted octanol–water partition coefficient (Wildman–Crippen LogP) is 2.75. The smallest absolute Gasteiger partial charge is 0.126 e. The van der Waals surface area contributed by atoms with E-state index >= 15 is 0 Å². The van der Waals surface area contributed by atoms with Gasteiger partial charge in [0.1, 0.15) is 11.6 Å². The predicted molar refractivity (Wildman–Crippen MR) is 69.3 cm³/mol. The zero-order chi connectivity index (χ0) is 12.1. The summed E-state index contributed by atoms with van der Waals surface area (Å²) in [7, 11) is 0. The lowest BCUT2D eigenvalue weighted by Gasteiger charge is -2.06. The van der Waals surface area contributed by atoms with Crippen molar-refractivity contribution in [2.24, 2.45) is 0 Å². The number of hydrogen-bond donors (Lipinski definition) is 2. The summed E-state index contributed by atoms with van der Waals surface area (Å²) in [6.07, 6.45) is 0.913. The molecule has 2 aromatic rings. The minimum Gasteiger partial charge on any atom is -0.508 e. The van der Waals surface area contributed by atoms with Gasteiger partial charge in [0.15, 0.2) is 0 Å². The molecule has 0 bridgehead atoms. The van der Waals surface area contributed by atoms with E-state index in [4.69, 9.17) is 5.11 Å². The van der Waals surface area contributed by atoms with Crippen LogP contribution in [-0.4, -0.2) is 16.6 Å². The first-order valence-corrected chi connectivity index (χ1v) is 5.69. The number of anilines is 1. The van der Waals surface area contributed by atoms with Crippen molar-refractivity contribution in [2.75, 3.05) is 11.9 Å². The molecule has 2 N–H and O–H groups in total. The summed E-state index contributed by atoms with van der Waals surface area (Å²) < 4.78 is 0. The van der Waals surface area contributed by atoms with Crippen LogP contribution in [0, 0.1) is 6.92 Å². The molecule has 88 valence electrons. The number of hydrogen-bond acceptors (Lipinski definition) is 3. The van der Waals surface area contributed by atoms with Crippen LogP contribution in [0.5, 0.6) is 5.75 Å². The highest BCUT2D eigenvalue weighted by atomic mass is 16.3. The second kappa shape index (κ2) is 5.34. The third-order valence-corrected chi connectivity index (χ3v) is 2.54. The summed E-state index contributed by atoms with van der Waals surface area (Å²) in [5.74, 6) is 1.21. The maximum absolute atomic E-state index is 9.17. The Kier molecular flexibility index (Phi) is 3.60. The fourth-order valence-electron chi connectivity index (χ4n) is 1.64. The summed E-state index contributed by atoms with van der Waals surface area (Å²) in [5, 5.41) is 12.4. The number of nitrogens with one attached hydrogen (secondary N) is 1. The maximum atomic E-state index is 9.17. The first-order chi connectivity index (χ1) is 8.24. The number of nitrogens with zero attached hydrogens (tertiary/aromatic N) is 1. The number of rotatable bonds is 4. The zero-order valence-corrected chi connectivity index (χ0v) is 9.85. The highest BCUT2D eigenvalue weighted by Crippen LogP contribution is 2.10. The fourth-order valence-corrected chi connectivity index (χ4v) is 1.64. The van der Waals surface area contributed by atoms with Crippen LogP contribution >= 0.6 is 0 Å². The molecule has 1 heterocycles. The van der Waals surface area contributed by atoms with Gasteiger partial charge in [0, 0.05) is 12.2 Å². The SMILES string of the molecule is Cc1cccc(NCCc2ccc(O)cc2)n1. The Balaban J connectivity index is 1.85. The van der Waals surface area contributed by atoms with Crippen molar-refractivity contribution in [1.29, 1.82) is 0 Å². The monoisotopic (exact) mass is 228 g/mol. The Labute approximate surface area is 101 Å². The first kappa shape index (κ1) is 11.5. The number of benzene rings is 1. The van der Waals surface area contributed by atoms with E-state index in [-0.39, 0.29) is 0 Å². The Bertz CT molecular complexity index is 480. The normalized spacial score (nSPS) is 10.2. The molecular formula is C14H16N2O. The molecule has 0 amide bonds. The molecular weight excluding hydrogens is 212 g/mol. The molecule has 2 rings (SSSR count). The van der Waals surface area contributed by atoms with Gasteiger partial charge in [0.25, 0.3) is 0 Å². The lowest BCUT2D eigenvalue weighted by molar-refractivity contribution is 0.475. The van der Waals surface area contributed by atoms with Gasteiger partial charge in [-0.1, -0.05) is 18.2 Å². The fraction of sp³-hybridized carbons (Fsp3) is 0.214. The standard InChI is InChI=1S/C14H16N2O/c1-11-3-2-4-14(16-11)15-10-9-12-5-7-13(17)8-6-12/h2-8,17H,9-10H2,1H3,(H,15,16). The van der Waals surface area contributed by atoms with Crippen LogP contribution in [-0.2, 0) is 6.42 Å². The van der Waals surface area contributed by atoms with Crippen LogP contribution in [0.1, 0.15) is 11.3 Å². The average molecular weight is 228 g/mol. The number of pyridine rings is 1. The van der Waals surface area contributed by atoms with E-state index in [0.29, 0.717) is 5.75 Å². The Morgan fingerprint density at radius 3 is 2.59 bits per heavy atom.